The van der Waals surface area contributed by atoms with E-state index in [9.17, 15) is 4.79 Å². The van der Waals surface area contributed by atoms with Crippen LogP contribution in [0.4, 0.5) is 0 Å². The van der Waals surface area contributed by atoms with Gasteiger partial charge in [-0.15, -0.1) is 0 Å². The maximum absolute atomic E-state index is 12.5. The smallest absolute Gasteiger partial charge is 0.270 e. The SMILES string of the molecule is CC.CC(C)(C)NC(=O)c1ncc(Br)cc1CCc1cc(Br)cc(Br)c1. The molecule has 2 aromatic rings. The number of amides is 1. The van der Waals surface area contributed by atoms with Crippen molar-refractivity contribution in [3.63, 3.8) is 0 Å². The minimum atomic E-state index is -0.293. The molecule has 6 heteroatoms. The molecule has 1 aromatic heterocycles. The van der Waals surface area contributed by atoms with Gasteiger partial charge in [-0.2, -0.15) is 0 Å². The third kappa shape index (κ3) is 7.89. The van der Waals surface area contributed by atoms with Gasteiger partial charge in [-0.25, -0.2) is 4.98 Å². The molecule has 1 amide bonds. The van der Waals surface area contributed by atoms with Crippen LogP contribution < -0.4 is 5.32 Å². The minimum absolute atomic E-state index is 0.138. The number of aromatic nitrogens is 1. The van der Waals surface area contributed by atoms with E-state index >= 15 is 0 Å². The Balaban J connectivity index is 0.00000163. The van der Waals surface area contributed by atoms with E-state index in [1.165, 1.54) is 5.56 Å². The van der Waals surface area contributed by atoms with Crippen LogP contribution in [0.2, 0.25) is 0 Å². The minimum Gasteiger partial charge on any atom is -0.346 e. The maximum atomic E-state index is 12.5. The van der Waals surface area contributed by atoms with E-state index in [-0.39, 0.29) is 11.4 Å². The van der Waals surface area contributed by atoms with Crippen LogP contribution in [0.1, 0.15) is 56.2 Å². The lowest BCUT2D eigenvalue weighted by Crippen LogP contribution is -2.41. The Hall–Kier alpha value is -0.720. The van der Waals surface area contributed by atoms with Gasteiger partial charge < -0.3 is 5.32 Å². The van der Waals surface area contributed by atoms with Crippen molar-refractivity contribution in [2.24, 2.45) is 0 Å². The fraction of sp³-hybridized carbons (Fsp3) is 0.400. The highest BCUT2D eigenvalue weighted by Crippen LogP contribution is 2.22. The van der Waals surface area contributed by atoms with Crippen molar-refractivity contribution in [3.8, 4) is 0 Å². The predicted octanol–water partition coefficient (Wildman–Crippen LogP) is 6.71. The van der Waals surface area contributed by atoms with Crippen molar-refractivity contribution in [2.75, 3.05) is 0 Å². The molecule has 1 N–H and O–H groups in total. The fourth-order valence-electron chi connectivity index (χ4n) is 2.31. The van der Waals surface area contributed by atoms with Crippen LogP contribution in [0.25, 0.3) is 0 Å². The van der Waals surface area contributed by atoms with Crippen molar-refractivity contribution < 1.29 is 4.79 Å². The van der Waals surface area contributed by atoms with Crippen LogP contribution in [0.3, 0.4) is 0 Å². The van der Waals surface area contributed by atoms with Gasteiger partial charge in [-0.05, 0) is 84.9 Å². The van der Waals surface area contributed by atoms with Crippen molar-refractivity contribution in [1.29, 1.82) is 0 Å². The van der Waals surface area contributed by atoms with Crippen molar-refractivity contribution in [2.45, 2.75) is 53.0 Å². The number of hydrogen-bond acceptors (Lipinski definition) is 2. The van der Waals surface area contributed by atoms with Gasteiger partial charge in [0, 0.05) is 25.2 Å². The van der Waals surface area contributed by atoms with Crippen LogP contribution in [0, 0.1) is 0 Å². The van der Waals surface area contributed by atoms with E-state index in [2.05, 4.69) is 70.2 Å². The number of benzene rings is 1. The topological polar surface area (TPSA) is 42.0 Å². The molecule has 142 valence electrons. The van der Waals surface area contributed by atoms with Gasteiger partial charge in [-0.3, -0.25) is 4.79 Å². The lowest BCUT2D eigenvalue weighted by molar-refractivity contribution is 0.0913. The van der Waals surface area contributed by atoms with Gasteiger partial charge in [0.25, 0.3) is 5.91 Å². The van der Waals surface area contributed by atoms with Crippen molar-refractivity contribution >= 4 is 53.7 Å². The molecule has 0 spiro atoms. The highest BCUT2D eigenvalue weighted by Gasteiger charge is 2.19. The number of aryl methyl sites for hydroxylation is 2. The summed E-state index contributed by atoms with van der Waals surface area (Å²) in [6, 6.07) is 8.15. The molecule has 0 aliphatic carbocycles. The van der Waals surface area contributed by atoms with Gasteiger partial charge in [-0.1, -0.05) is 45.7 Å². The average Bonchev–Trinajstić information content (AvgIpc) is 2.52. The number of halogens is 3. The number of pyridine rings is 1. The Labute approximate surface area is 181 Å². The molecular weight excluding hydrogens is 524 g/mol. The van der Waals surface area contributed by atoms with E-state index in [1.54, 1.807) is 6.20 Å². The van der Waals surface area contributed by atoms with E-state index in [4.69, 9.17) is 0 Å². The van der Waals surface area contributed by atoms with E-state index in [1.807, 2.05) is 46.8 Å². The summed E-state index contributed by atoms with van der Waals surface area (Å²) < 4.78 is 2.94. The van der Waals surface area contributed by atoms with Crippen molar-refractivity contribution in [3.05, 3.63) is 60.7 Å². The molecule has 0 fully saturated rings. The molecule has 0 radical (unpaired) electrons. The first-order valence-electron chi connectivity index (χ1n) is 8.56. The van der Waals surface area contributed by atoms with Crippen LogP contribution in [-0.2, 0) is 12.8 Å². The largest absolute Gasteiger partial charge is 0.346 e. The number of hydrogen-bond donors (Lipinski definition) is 1. The monoisotopic (exact) mass is 546 g/mol. The summed E-state index contributed by atoms with van der Waals surface area (Å²) in [6.07, 6.45) is 3.23. The molecule has 0 atom stereocenters. The normalized spacial score (nSPS) is 10.8. The second kappa shape index (κ2) is 10.6. The third-order valence-electron chi connectivity index (χ3n) is 3.24. The van der Waals surface area contributed by atoms with Crippen LogP contribution in [0.5, 0.6) is 0 Å². The molecule has 3 nitrogen and oxygen atoms in total. The Morgan fingerprint density at radius 2 is 1.54 bits per heavy atom. The lowest BCUT2D eigenvalue weighted by atomic mass is 10.0. The molecule has 2 rings (SSSR count). The summed E-state index contributed by atoms with van der Waals surface area (Å²) >= 11 is 10.5. The molecule has 0 saturated heterocycles. The van der Waals surface area contributed by atoms with Crippen molar-refractivity contribution in [1.82, 2.24) is 10.3 Å². The number of nitrogens with one attached hydrogen (secondary N) is 1. The summed E-state index contributed by atoms with van der Waals surface area (Å²) in [4.78, 5) is 16.8. The molecule has 1 aromatic carbocycles. The zero-order valence-corrected chi connectivity index (χ0v) is 20.5. The van der Waals surface area contributed by atoms with E-state index in [0.29, 0.717) is 5.69 Å². The zero-order chi connectivity index (χ0) is 19.9. The molecule has 0 bridgehead atoms. The van der Waals surface area contributed by atoms with Gasteiger partial charge >= 0.3 is 0 Å². The standard InChI is InChI=1S/C18H19Br3N2O.C2H6/c1-18(2,3)23-17(24)16-12(8-15(21)10-22-16)5-4-11-6-13(19)9-14(20)7-11;1-2/h6-10H,4-5H2,1-3H3,(H,23,24);1-2H3. The summed E-state index contributed by atoms with van der Waals surface area (Å²) in [6.45, 7) is 9.88. The summed E-state index contributed by atoms with van der Waals surface area (Å²) in [7, 11) is 0. The third-order valence-corrected chi connectivity index (χ3v) is 4.59. The number of nitrogens with zero attached hydrogens (tertiary/aromatic N) is 1. The fourth-order valence-corrected chi connectivity index (χ4v) is 4.08. The van der Waals surface area contributed by atoms with Gasteiger partial charge in [0.15, 0.2) is 0 Å². The van der Waals surface area contributed by atoms with Crippen LogP contribution in [0.15, 0.2) is 43.9 Å². The number of carbonyl (C=O) groups excluding carboxylic acids is 1. The van der Waals surface area contributed by atoms with E-state index < -0.39 is 0 Å². The Kier molecular flexibility index (Phi) is 9.48. The molecule has 0 unspecified atom stereocenters. The summed E-state index contributed by atoms with van der Waals surface area (Å²) in [5.74, 6) is -0.138. The first-order valence-corrected chi connectivity index (χ1v) is 10.9. The number of rotatable bonds is 4. The summed E-state index contributed by atoms with van der Waals surface area (Å²) in [5.41, 5.74) is 2.32. The predicted molar refractivity (Wildman–Crippen MR) is 120 cm³/mol. The quantitative estimate of drug-likeness (QED) is 0.461. The van der Waals surface area contributed by atoms with Gasteiger partial charge in [0.05, 0.1) is 0 Å². The average molecular weight is 549 g/mol. The molecule has 0 saturated carbocycles. The lowest BCUT2D eigenvalue weighted by Gasteiger charge is -2.21. The van der Waals surface area contributed by atoms with Crippen LogP contribution >= 0.6 is 47.8 Å². The number of carbonyl (C=O) groups is 1. The van der Waals surface area contributed by atoms with E-state index in [0.717, 1.165) is 31.8 Å². The second-order valence-electron chi connectivity index (χ2n) is 6.64. The zero-order valence-electron chi connectivity index (χ0n) is 15.8. The molecule has 26 heavy (non-hydrogen) atoms. The first-order chi connectivity index (χ1) is 12.1. The molecular formula is C20H25Br3N2O. The summed E-state index contributed by atoms with van der Waals surface area (Å²) in [5, 5.41) is 2.98. The van der Waals surface area contributed by atoms with Gasteiger partial charge in [0.1, 0.15) is 5.69 Å². The highest BCUT2D eigenvalue weighted by atomic mass is 79.9. The first kappa shape index (κ1) is 23.3. The Morgan fingerprint density at radius 3 is 2.08 bits per heavy atom. The van der Waals surface area contributed by atoms with Gasteiger partial charge in [0.2, 0.25) is 0 Å². The second-order valence-corrected chi connectivity index (χ2v) is 9.39. The maximum Gasteiger partial charge on any atom is 0.270 e. The van der Waals surface area contributed by atoms with Crippen LogP contribution in [-0.4, -0.2) is 16.4 Å². The molecule has 0 aliphatic heterocycles. The Bertz CT molecular complexity index is 735. The Morgan fingerprint density at radius 1 is 0.962 bits per heavy atom. The molecule has 1 heterocycles. The highest BCUT2D eigenvalue weighted by molar-refractivity contribution is 9.11. The molecule has 0 aliphatic rings.